The summed E-state index contributed by atoms with van der Waals surface area (Å²) in [5.74, 6) is 0.831. The van der Waals surface area contributed by atoms with Crippen LogP contribution in [0, 0.1) is 11.3 Å². The number of fused-ring (bicyclic) bond motifs is 1. The molecule has 2 aromatic rings. The van der Waals surface area contributed by atoms with E-state index in [0.29, 0.717) is 23.8 Å². The van der Waals surface area contributed by atoms with Crippen LogP contribution in [0.4, 0.5) is 0 Å². The average Bonchev–Trinajstić information content (AvgIpc) is 2.45. The molecule has 0 heterocycles. The molecule has 3 rings (SSSR count). The average molecular weight is 309 g/mol. The van der Waals surface area contributed by atoms with Crippen molar-refractivity contribution in [3.05, 3.63) is 48.0 Å². The lowest BCUT2D eigenvalue weighted by Gasteiger charge is -2.39. The van der Waals surface area contributed by atoms with Gasteiger partial charge in [-0.05, 0) is 46.9 Å². The molecule has 0 bridgehead atoms. The first-order chi connectivity index (χ1) is 10.9. The molecule has 0 radical (unpaired) electrons. The van der Waals surface area contributed by atoms with Crippen LogP contribution in [0.1, 0.15) is 45.6 Å². The molecule has 1 amide bonds. The summed E-state index contributed by atoms with van der Waals surface area (Å²) >= 11 is 0. The van der Waals surface area contributed by atoms with E-state index < -0.39 is 0 Å². The summed E-state index contributed by atoms with van der Waals surface area (Å²) in [7, 11) is 0. The topological polar surface area (TPSA) is 29.1 Å². The number of carbonyl (C=O) groups excluding carboxylic acids is 1. The van der Waals surface area contributed by atoms with Crippen molar-refractivity contribution >= 4 is 16.7 Å². The Bertz CT molecular complexity index is 699. The smallest absolute Gasteiger partial charge is 0.224 e. The zero-order valence-electron chi connectivity index (χ0n) is 14.4. The van der Waals surface area contributed by atoms with Crippen molar-refractivity contribution in [3.8, 4) is 0 Å². The third-order valence-electron chi connectivity index (χ3n) is 4.98. The molecule has 122 valence electrons. The molecule has 1 N–H and O–H groups in total. The molecule has 1 saturated carbocycles. The summed E-state index contributed by atoms with van der Waals surface area (Å²) in [6, 6.07) is 14.8. The van der Waals surface area contributed by atoms with Crippen molar-refractivity contribution < 1.29 is 4.79 Å². The van der Waals surface area contributed by atoms with Gasteiger partial charge < -0.3 is 5.32 Å². The van der Waals surface area contributed by atoms with Gasteiger partial charge in [-0.1, -0.05) is 63.2 Å². The molecule has 2 atom stereocenters. The van der Waals surface area contributed by atoms with Gasteiger partial charge in [0.25, 0.3) is 0 Å². The lowest BCUT2D eigenvalue weighted by atomic mass is 9.70. The molecule has 23 heavy (non-hydrogen) atoms. The Morgan fingerprint density at radius 2 is 1.87 bits per heavy atom. The first-order valence-corrected chi connectivity index (χ1v) is 8.69. The zero-order chi connectivity index (χ0) is 16.4. The van der Waals surface area contributed by atoms with Crippen LogP contribution in [0.15, 0.2) is 42.5 Å². The summed E-state index contributed by atoms with van der Waals surface area (Å²) in [5, 5.41) is 5.66. The highest BCUT2D eigenvalue weighted by molar-refractivity contribution is 5.90. The van der Waals surface area contributed by atoms with Gasteiger partial charge in [0, 0.05) is 6.04 Å². The predicted octanol–water partition coefficient (Wildman–Crippen LogP) is 4.71. The largest absolute Gasteiger partial charge is 0.353 e. The molecular formula is C21H27NO. The van der Waals surface area contributed by atoms with Crippen LogP contribution < -0.4 is 5.32 Å². The van der Waals surface area contributed by atoms with E-state index in [2.05, 4.69) is 50.4 Å². The van der Waals surface area contributed by atoms with Crippen LogP contribution >= 0.6 is 0 Å². The minimum atomic E-state index is 0.149. The third-order valence-corrected chi connectivity index (χ3v) is 4.98. The second-order valence-electron chi connectivity index (χ2n) is 7.99. The number of nitrogens with one attached hydrogen (secondary N) is 1. The van der Waals surface area contributed by atoms with Gasteiger partial charge in [-0.25, -0.2) is 0 Å². The fourth-order valence-electron chi connectivity index (χ4n) is 4.35. The van der Waals surface area contributed by atoms with E-state index in [0.717, 1.165) is 18.4 Å². The van der Waals surface area contributed by atoms with E-state index in [1.807, 2.05) is 18.2 Å². The lowest BCUT2D eigenvalue weighted by Crippen LogP contribution is -2.43. The first kappa shape index (κ1) is 16.0. The van der Waals surface area contributed by atoms with Crippen molar-refractivity contribution in [2.24, 2.45) is 11.3 Å². The molecule has 0 spiro atoms. The standard InChI is InChI=1S/C21H27NO/c1-15-11-18(14-21(2,3)13-15)22-20(23)12-17-9-6-8-16-7-4-5-10-19(16)17/h4-10,15,18H,11-14H2,1-3H3,(H,22,23)/t15-,18-/m1/s1. The molecule has 2 nitrogen and oxygen atoms in total. The van der Waals surface area contributed by atoms with E-state index in [-0.39, 0.29) is 5.91 Å². The maximum atomic E-state index is 12.5. The Morgan fingerprint density at radius 3 is 2.65 bits per heavy atom. The number of benzene rings is 2. The van der Waals surface area contributed by atoms with Crippen LogP contribution in [-0.4, -0.2) is 11.9 Å². The van der Waals surface area contributed by atoms with E-state index in [4.69, 9.17) is 0 Å². The van der Waals surface area contributed by atoms with Crippen molar-refractivity contribution in [2.45, 2.75) is 52.5 Å². The zero-order valence-corrected chi connectivity index (χ0v) is 14.4. The molecule has 1 fully saturated rings. The maximum absolute atomic E-state index is 12.5. The summed E-state index contributed by atoms with van der Waals surface area (Å²) in [6.45, 7) is 6.92. The van der Waals surface area contributed by atoms with Gasteiger partial charge in [0.05, 0.1) is 6.42 Å². The third kappa shape index (κ3) is 3.93. The molecule has 0 unspecified atom stereocenters. The summed E-state index contributed by atoms with van der Waals surface area (Å²) in [5.41, 5.74) is 1.44. The minimum Gasteiger partial charge on any atom is -0.353 e. The van der Waals surface area contributed by atoms with Gasteiger partial charge in [0.15, 0.2) is 0 Å². The van der Waals surface area contributed by atoms with Crippen molar-refractivity contribution in [1.82, 2.24) is 5.32 Å². The van der Waals surface area contributed by atoms with Crippen molar-refractivity contribution in [1.29, 1.82) is 0 Å². The molecule has 0 aromatic heterocycles. The van der Waals surface area contributed by atoms with Gasteiger partial charge >= 0.3 is 0 Å². The van der Waals surface area contributed by atoms with Crippen molar-refractivity contribution in [3.63, 3.8) is 0 Å². The van der Waals surface area contributed by atoms with Crippen LogP contribution in [0.25, 0.3) is 10.8 Å². The fourth-order valence-corrected chi connectivity index (χ4v) is 4.35. The van der Waals surface area contributed by atoms with Crippen LogP contribution in [0.2, 0.25) is 0 Å². The second-order valence-corrected chi connectivity index (χ2v) is 7.99. The van der Waals surface area contributed by atoms with Crippen molar-refractivity contribution in [2.75, 3.05) is 0 Å². The van der Waals surface area contributed by atoms with Gasteiger partial charge in [-0.15, -0.1) is 0 Å². The molecular weight excluding hydrogens is 282 g/mol. The first-order valence-electron chi connectivity index (χ1n) is 8.69. The Hall–Kier alpha value is -1.83. The number of rotatable bonds is 3. The molecule has 2 aromatic carbocycles. The van der Waals surface area contributed by atoms with Crippen LogP contribution in [-0.2, 0) is 11.2 Å². The molecule has 0 saturated heterocycles. The van der Waals surface area contributed by atoms with Gasteiger partial charge in [0.1, 0.15) is 0 Å². The lowest BCUT2D eigenvalue weighted by molar-refractivity contribution is -0.121. The van der Waals surface area contributed by atoms with Crippen LogP contribution in [0.3, 0.4) is 0 Å². The summed E-state index contributed by atoms with van der Waals surface area (Å²) in [6.07, 6.45) is 3.90. The summed E-state index contributed by atoms with van der Waals surface area (Å²) in [4.78, 5) is 12.5. The predicted molar refractivity (Wildman–Crippen MR) is 96.4 cm³/mol. The van der Waals surface area contributed by atoms with E-state index >= 15 is 0 Å². The Balaban J connectivity index is 1.69. The summed E-state index contributed by atoms with van der Waals surface area (Å²) < 4.78 is 0. The SMILES string of the molecule is C[C@@H]1C[C@@H](NC(=O)Cc2cccc3ccccc23)CC(C)(C)C1. The van der Waals surface area contributed by atoms with Gasteiger partial charge in [-0.2, -0.15) is 0 Å². The van der Waals surface area contributed by atoms with Gasteiger partial charge in [-0.3, -0.25) is 4.79 Å². The quantitative estimate of drug-likeness (QED) is 0.874. The number of amides is 1. The highest BCUT2D eigenvalue weighted by Gasteiger charge is 2.32. The number of hydrogen-bond acceptors (Lipinski definition) is 1. The fraction of sp³-hybridized carbons (Fsp3) is 0.476. The minimum absolute atomic E-state index is 0.149. The molecule has 2 heteroatoms. The van der Waals surface area contributed by atoms with Gasteiger partial charge in [0.2, 0.25) is 5.91 Å². The Labute approximate surface area is 139 Å². The monoisotopic (exact) mass is 309 g/mol. The van der Waals surface area contributed by atoms with E-state index in [1.54, 1.807) is 0 Å². The van der Waals surface area contributed by atoms with Crippen LogP contribution in [0.5, 0.6) is 0 Å². The molecule has 1 aliphatic carbocycles. The van der Waals surface area contributed by atoms with E-state index in [9.17, 15) is 4.79 Å². The maximum Gasteiger partial charge on any atom is 0.224 e. The Morgan fingerprint density at radius 1 is 1.13 bits per heavy atom. The highest BCUT2D eigenvalue weighted by Crippen LogP contribution is 2.38. The van der Waals surface area contributed by atoms with E-state index in [1.165, 1.54) is 17.2 Å². The molecule has 1 aliphatic rings. The molecule has 0 aliphatic heterocycles. The highest BCUT2D eigenvalue weighted by atomic mass is 16.1. The second kappa shape index (κ2) is 6.35. The Kier molecular flexibility index (Phi) is 4.43. The number of carbonyl (C=O) groups is 1. The normalized spacial score (nSPS) is 23.6. The number of hydrogen-bond donors (Lipinski definition) is 1.